The Morgan fingerprint density at radius 1 is 1.11 bits per heavy atom. The molecule has 0 spiro atoms. The van der Waals surface area contributed by atoms with Crippen molar-refractivity contribution >= 4 is 16.9 Å². The van der Waals surface area contributed by atoms with Crippen molar-refractivity contribution in [3.05, 3.63) is 36.2 Å². The average molecular weight is 243 g/mol. The maximum absolute atomic E-state index is 12.3. The minimum Gasteiger partial charge on any atom is -0.378 e. The summed E-state index contributed by atoms with van der Waals surface area (Å²) in [5.74, 6) is 0.0332. The molecule has 1 aromatic heterocycles. The second-order valence-corrected chi connectivity index (χ2v) is 4.16. The van der Waals surface area contributed by atoms with Crippen molar-refractivity contribution < 1.29 is 9.53 Å². The molecule has 0 radical (unpaired) electrons. The Morgan fingerprint density at radius 3 is 2.61 bits per heavy atom. The quantitative estimate of drug-likeness (QED) is 0.752. The first-order valence-corrected chi connectivity index (χ1v) is 5.92. The van der Waals surface area contributed by atoms with E-state index in [1.807, 2.05) is 6.07 Å². The van der Waals surface area contributed by atoms with Crippen molar-refractivity contribution in [2.75, 3.05) is 26.3 Å². The highest BCUT2D eigenvalue weighted by Gasteiger charge is 2.18. The zero-order valence-electron chi connectivity index (χ0n) is 9.87. The average Bonchev–Trinajstić information content (AvgIpc) is 2.47. The summed E-state index contributed by atoms with van der Waals surface area (Å²) < 4.78 is 5.24. The molecule has 0 aliphatic carbocycles. The van der Waals surface area contributed by atoms with Crippen molar-refractivity contribution in [1.29, 1.82) is 0 Å². The molecule has 0 unspecified atom stereocenters. The lowest BCUT2D eigenvalue weighted by atomic mass is 10.1. The first-order chi connectivity index (χ1) is 8.84. The Balaban J connectivity index is 1.91. The van der Waals surface area contributed by atoms with Crippen LogP contribution in [0.4, 0.5) is 0 Å². The van der Waals surface area contributed by atoms with Crippen LogP contribution in [-0.4, -0.2) is 47.1 Å². The number of rotatable bonds is 1. The number of morpholine rings is 1. The number of benzene rings is 1. The van der Waals surface area contributed by atoms with E-state index < -0.39 is 0 Å². The van der Waals surface area contributed by atoms with E-state index in [0.29, 0.717) is 31.9 Å². The van der Waals surface area contributed by atoms with E-state index in [1.165, 1.54) is 0 Å². The van der Waals surface area contributed by atoms with Gasteiger partial charge in [0.2, 0.25) is 0 Å². The summed E-state index contributed by atoms with van der Waals surface area (Å²) in [5.41, 5.74) is 2.21. The van der Waals surface area contributed by atoms with Gasteiger partial charge in [-0.1, -0.05) is 0 Å². The molecule has 0 atom stereocenters. The molecule has 2 heterocycles. The van der Waals surface area contributed by atoms with E-state index in [9.17, 15) is 4.79 Å². The SMILES string of the molecule is O=C(c1ccc2nccnc2c1)N1CCOCC1. The predicted molar refractivity (Wildman–Crippen MR) is 66.3 cm³/mol. The van der Waals surface area contributed by atoms with Crippen LogP contribution in [0, 0.1) is 0 Å². The number of nitrogens with zero attached hydrogens (tertiary/aromatic N) is 3. The topological polar surface area (TPSA) is 55.3 Å². The van der Waals surface area contributed by atoms with Gasteiger partial charge in [-0.25, -0.2) is 0 Å². The molecule has 5 heteroatoms. The Labute approximate surface area is 104 Å². The van der Waals surface area contributed by atoms with Crippen molar-refractivity contribution in [3.63, 3.8) is 0 Å². The third kappa shape index (κ3) is 2.04. The van der Waals surface area contributed by atoms with Crippen molar-refractivity contribution in [3.8, 4) is 0 Å². The third-order valence-corrected chi connectivity index (χ3v) is 3.01. The Morgan fingerprint density at radius 2 is 1.83 bits per heavy atom. The lowest BCUT2D eigenvalue weighted by Crippen LogP contribution is -2.40. The molecular formula is C13H13N3O2. The zero-order valence-corrected chi connectivity index (χ0v) is 9.87. The van der Waals surface area contributed by atoms with Crippen molar-refractivity contribution in [1.82, 2.24) is 14.9 Å². The molecule has 0 bridgehead atoms. The lowest BCUT2D eigenvalue weighted by Gasteiger charge is -2.26. The van der Waals surface area contributed by atoms with E-state index >= 15 is 0 Å². The normalized spacial score (nSPS) is 15.9. The lowest BCUT2D eigenvalue weighted by molar-refractivity contribution is 0.0303. The molecule has 1 saturated heterocycles. The molecule has 0 saturated carbocycles. The van der Waals surface area contributed by atoms with Crippen LogP contribution in [0.15, 0.2) is 30.6 Å². The van der Waals surface area contributed by atoms with E-state index in [2.05, 4.69) is 9.97 Å². The van der Waals surface area contributed by atoms with Gasteiger partial charge in [0.25, 0.3) is 5.91 Å². The number of hydrogen-bond acceptors (Lipinski definition) is 4. The molecular weight excluding hydrogens is 230 g/mol. The van der Waals surface area contributed by atoms with Gasteiger partial charge < -0.3 is 9.64 Å². The fourth-order valence-electron chi connectivity index (χ4n) is 2.05. The van der Waals surface area contributed by atoms with E-state index in [4.69, 9.17) is 4.74 Å². The van der Waals surface area contributed by atoms with Crippen LogP contribution < -0.4 is 0 Å². The summed E-state index contributed by atoms with van der Waals surface area (Å²) >= 11 is 0. The smallest absolute Gasteiger partial charge is 0.254 e. The van der Waals surface area contributed by atoms with Crippen LogP contribution in [0.25, 0.3) is 11.0 Å². The van der Waals surface area contributed by atoms with Gasteiger partial charge in [0.15, 0.2) is 0 Å². The summed E-state index contributed by atoms with van der Waals surface area (Å²) in [6.45, 7) is 2.52. The third-order valence-electron chi connectivity index (χ3n) is 3.01. The maximum atomic E-state index is 12.3. The molecule has 1 fully saturated rings. The fraction of sp³-hybridized carbons (Fsp3) is 0.308. The number of ether oxygens (including phenoxy) is 1. The van der Waals surface area contributed by atoms with E-state index in [-0.39, 0.29) is 5.91 Å². The minimum atomic E-state index is 0.0332. The Bertz CT molecular complexity index is 579. The van der Waals surface area contributed by atoms with Crippen LogP contribution in [-0.2, 0) is 4.74 Å². The van der Waals surface area contributed by atoms with Crippen LogP contribution in [0.2, 0.25) is 0 Å². The summed E-state index contributed by atoms with van der Waals surface area (Å²) in [5, 5.41) is 0. The largest absolute Gasteiger partial charge is 0.378 e. The summed E-state index contributed by atoms with van der Waals surface area (Å²) in [4.78, 5) is 22.5. The van der Waals surface area contributed by atoms with Crippen LogP contribution in [0.1, 0.15) is 10.4 Å². The van der Waals surface area contributed by atoms with Crippen LogP contribution in [0.3, 0.4) is 0 Å². The molecule has 1 aliphatic heterocycles. The highest BCUT2D eigenvalue weighted by atomic mass is 16.5. The van der Waals surface area contributed by atoms with Gasteiger partial charge in [0, 0.05) is 31.0 Å². The Kier molecular flexibility index (Phi) is 2.90. The standard InChI is InChI=1S/C13H13N3O2/c17-13(16-5-7-18-8-6-16)10-1-2-11-12(9-10)15-4-3-14-11/h1-4,9H,5-8H2. The van der Waals surface area contributed by atoms with Gasteiger partial charge in [-0.05, 0) is 18.2 Å². The molecule has 92 valence electrons. The molecule has 1 aliphatic rings. The predicted octanol–water partition coefficient (Wildman–Crippen LogP) is 1.10. The highest BCUT2D eigenvalue weighted by Crippen LogP contribution is 2.13. The number of amides is 1. The molecule has 2 aromatic rings. The highest BCUT2D eigenvalue weighted by molar-refractivity contribution is 5.97. The monoisotopic (exact) mass is 243 g/mol. The van der Waals surface area contributed by atoms with E-state index in [1.54, 1.807) is 29.4 Å². The Hall–Kier alpha value is -2.01. The molecule has 18 heavy (non-hydrogen) atoms. The second-order valence-electron chi connectivity index (χ2n) is 4.16. The summed E-state index contributed by atoms with van der Waals surface area (Å²) in [7, 11) is 0. The van der Waals surface area contributed by atoms with Gasteiger partial charge in [0.05, 0.1) is 24.2 Å². The minimum absolute atomic E-state index is 0.0332. The molecule has 1 aromatic carbocycles. The zero-order chi connectivity index (χ0) is 12.4. The van der Waals surface area contributed by atoms with Gasteiger partial charge >= 0.3 is 0 Å². The first kappa shape index (κ1) is 11.1. The maximum Gasteiger partial charge on any atom is 0.254 e. The number of carbonyl (C=O) groups is 1. The number of hydrogen-bond donors (Lipinski definition) is 0. The molecule has 5 nitrogen and oxygen atoms in total. The number of aromatic nitrogens is 2. The van der Waals surface area contributed by atoms with Crippen LogP contribution in [0.5, 0.6) is 0 Å². The first-order valence-electron chi connectivity index (χ1n) is 5.92. The fourth-order valence-corrected chi connectivity index (χ4v) is 2.05. The van der Waals surface area contributed by atoms with Gasteiger partial charge in [-0.2, -0.15) is 0 Å². The van der Waals surface area contributed by atoms with Gasteiger partial charge in [-0.15, -0.1) is 0 Å². The molecule has 0 N–H and O–H groups in total. The summed E-state index contributed by atoms with van der Waals surface area (Å²) in [6, 6.07) is 5.42. The van der Waals surface area contributed by atoms with E-state index in [0.717, 1.165) is 11.0 Å². The van der Waals surface area contributed by atoms with Crippen molar-refractivity contribution in [2.45, 2.75) is 0 Å². The van der Waals surface area contributed by atoms with Gasteiger partial charge in [0.1, 0.15) is 0 Å². The molecule has 3 rings (SSSR count). The van der Waals surface area contributed by atoms with Gasteiger partial charge in [-0.3, -0.25) is 14.8 Å². The van der Waals surface area contributed by atoms with Crippen molar-refractivity contribution in [2.24, 2.45) is 0 Å². The van der Waals surface area contributed by atoms with Crippen LogP contribution >= 0.6 is 0 Å². The number of fused-ring (bicyclic) bond motifs is 1. The number of carbonyl (C=O) groups excluding carboxylic acids is 1. The molecule has 1 amide bonds. The second kappa shape index (κ2) is 4.70. The summed E-state index contributed by atoms with van der Waals surface area (Å²) in [6.07, 6.45) is 3.27.